The number of hydrogen-bond donors (Lipinski definition) is 3. The molecular formula is C16H16O5. The van der Waals surface area contributed by atoms with Crippen LogP contribution in [0.25, 0.3) is 0 Å². The predicted octanol–water partition coefficient (Wildman–Crippen LogP) is 2.59. The Balaban J connectivity index is 2.19. The van der Waals surface area contributed by atoms with Crippen LogP contribution in [0.1, 0.15) is 21.5 Å². The van der Waals surface area contributed by atoms with E-state index in [-0.39, 0.29) is 17.1 Å². The van der Waals surface area contributed by atoms with E-state index in [1.54, 1.807) is 24.3 Å². The minimum atomic E-state index is -1.15. The van der Waals surface area contributed by atoms with Gasteiger partial charge in [0.15, 0.2) is 11.5 Å². The lowest BCUT2D eigenvalue weighted by Gasteiger charge is -2.09. The molecule has 0 aromatic heterocycles. The van der Waals surface area contributed by atoms with E-state index >= 15 is 0 Å². The van der Waals surface area contributed by atoms with Crippen molar-refractivity contribution >= 4 is 5.97 Å². The number of aryl methyl sites for hydroxylation is 2. The zero-order chi connectivity index (χ0) is 15.4. The number of carboxylic acids is 1. The SMILES string of the molecule is COc1ccc(CCc2cccc(O)c2C(=O)O)cc1O. The van der Waals surface area contributed by atoms with Gasteiger partial charge in [-0.15, -0.1) is 0 Å². The van der Waals surface area contributed by atoms with E-state index in [2.05, 4.69) is 0 Å². The highest BCUT2D eigenvalue weighted by Crippen LogP contribution is 2.27. The molecule has 2 aromatic rings. The highest BCUT2D eigenvalue weighted by Gasteiger charge is 2.14. The molecule has 0 unspecified atom stereocenters. The van der Waals surface area contributed by atoms with E-state index < -0.39 is 5.97 Å². The summed E-state index contributed by atoms with van der Waals surface area (Å²) in [4.78, 5) is 11.2. The monoisotopic (exact) mass is 288 g/mol. The molecule has 0 atom stereocenters. The fraction of sp³-hybridized carbons (Fsp3) is 0.188. The Bertz CT molecular complexity index is 664. The summed E-state index contributed by atoms with van der Waals surface area (Å²) in [5.74, 6) is -0.954. The Kier molecular flexibility index (Phi) is 4.33. The number of methoxy groups -OCH3 is 1. The van der Waals surface area contributed by atoms with Crippen LogP contribution in [0, 0.1) is 0 Å². The van der Waals surface area contributed by atoms with Crippen molar-refractivity contribution < 1.29 is 24.9 Å². The quantitative estimate of drug-likeness (QED) is 0.787. The Morgan fingerprint density at radius 2 is 1.86 bits per heavy atom. The number of phenolic OH excluding ortho intramolecular Hbond substituents is 1. The number of aromatic hydroxyl groups is 2. The largest absolute Gasteiger partial charge is 0.507 e. The summed E-state index contributed by atoms with van der Waals surface area (Å²) in [5.41, 5.74) is 1.33. The molecule has 2 aromatic carbocycles. The minimum absolute atomic E-state index is 0.0457. The van der Waals surface area contributed by atoms with E-state index in [1.165, 1.54) is 13.2 Å². The van der Waals surface area contributed by atoms with Gasteiger partial charge in [0.1, 0.15) is 11.3 Å². The molecule has 0 spiro atoms. The second-order valence-corrected chi connectivity index (χ2v) is 4.62. The van der Waals surface area contributed by atoms with E-state index in [0.29, 0.717) is 24.2 Å². The first-order valence-corrected chi connectivity index (χ1v) is 6.43. The number of carboxylic acid groups (broad SMARTS) is 1. The zero-order valence-electron chi connectivity index (χ0n) is 11.5. The third kappa shape index (κ3) is 3.25. The second-order valence-electron chi connectivity index (χ2n) is 4.62. The number of hydrogen-bond acceptors (Lipinski definition) is 4. The zero-order valence-corrected chi connectivity index (χ0v) is 11.5. The van der Waals surface area contributed by atoms with Crippen LogP contribution in [0.15, 0.2) is 36.4 Å². The van der Waals surface area contributed by atoms with Crippen LogP contribution in [0.2, 0.25) is 0 Å². The summed E-state index contributed by atoms with van der Waals surface area (Å²) in [5, 5.41) is 28.5. The molecule has 2 rings (SSSR count). The molecule has 0 fully saturated rings. The topological polar surface area (TPSA) is 87.0 Å². The van der Waals surface area contributed by atoms with Crippen molar-refractivity contribution in [2.75, 3.05) is 7.11 Å². The van der Waals surface area contributed by atoms with E-state index in [0.717, 1.165) is 5.56 Å². The first-order chi connectivity index (χ1) is 10.0. The molecule has 3 N–H and O–H groups in total. The molecule has 0 bridgehead atoms. The molecule has 0 aliphatic carbocycles. The van der Waals surface area contributed by atoms with Crippen molar-refractivity contribution in [3.63, 3.8) is 0 Å². The lowest BCUT2D eigenvalue weighted by Crippen LogP contribution is -2.04. The molecular weight excluding hydrogens is 272 g/mol. The molecule has 5 heteroatoms. The van der Waals surface area contributed by atoms with Crippen LogP contribution in [0.5, 0.6) is 17.2 Å². The number of phenols is 2. The molecule has 0 saturated carbocycles. The van der Waals surface area contributed by atoms with Crippen LogP contribution in [0.3, 0.4) is 0 Å². The maximum Gasteiger partial charge on any atom is 0.339 e. The van der Waals surface area contributed by atoms with Crippen LogP contribution in [0.4, 0.5) is 0 Å². The van der Waals surface area contributed by atoms with Crippen molar-refractivity contribution in [3.8, 4) is 17.2 Å². The summed E-state index contributed by atoms with van der Waals surface area (Å²) in [7, 11) is 1.47. The minimum Gasteiger partial charge on any atom is -0.507 e. The third-order valence-electron chi connectivity index (χ3n) is 3.27. The van der Waals surface area contributed by atoms with Gasteiger partial charge in [-0.05, 0) is 42.2 Å². The van der Waals surface area contributed by atoms with Crippen molar-refractivity contribution in [2.45, 2.75) is 12.8 Å². The lowest BCUT2D eigenvalue weighted by atomic mass is 9.99. The Hall–Kier alpha value is -2.69. The summed E-state index contributed by atoms with van der Waals surface area (Å²) in [6, 6.07) is 9.69. The molecule has 0 amide bonds. The highest BCUT2D eigenvalue weighted by molar-refractivity contribution is 5.92. The third-order valence-corrected chi connectivity index (χ3v) is 3.27. The maximum atomic E-state index is 11.2. The first kappa shape index (κ1) is 14.7. The van der Waals surface area contributed by atoms with Gasteiger partial charge in [0.2, 0.25) is 0 Å². The second kappa shape index (κ2) is 6.17. The number of carbonyl (C=O) groups is 1. The molecule has 110 valence electrons. The standard InChI is InChI=1S/C16H16O5/c1-21-14-8-6-10(9-13(14)18)5-7-11-3-2-4-12(17)15(11)16(19)20/h2-4,6,8-9,17-18H,5,7H2,1H3,(H,19,20). The van der Waals surface area contributed by atoms with Crippen LogP contribution >= 0.6 is 0 Å². The van der Waals surface area contributed by atoms with Crippen molar-refractivity contribution in [3.05, 3.63) is 53.1 Å². The highest BCUT2D eigenvalue weighted by atomic mass is 16.5. The van der Waals surface area contributed by atoms with Gasteiger partial charge >= 0.3 is 5.97 Å². The summed E-state index contributed by atoms with van der Waals surface area (Å²) in [6.07, 6.45) is 0.989. The Morgan fingerprint density at radius 1 is 1.10 bits per heavy atom. The predicted molar refractivity (Wildman–Crippen MR) is 77.1 cm³/mol. The van der Waals surface area contributed by atoms with Crippen molar-refractivity contribution in [1.82, 2.24) is 0 Å². The molecule has 0 saturated heterocycles. The van der Waals surface area contributed by atoms with Gasteiger partial charge in [-0.25, -0.2) is 4.79 Å². The molecule has 5 nitrogen and oxygen atoms in total. The first-order valence-electron chi connectivity index (χ1n) is 6.43. The van der Waals surface area contributed by atoms with Crippen LogP contribution in [-0.4, -0.2) is 28.4 Å². The van der Waals surface area contributed by atoms with Gasteiger partial charge in [0.05, 0.1) is 7.11 Å². The van der Waals surface area contributed by atoms with Gasteiger partial charge in [-0.3, -0.25) is 0 Å². The van der Waals surface area contributed by atoms with Crippen molar-refractivity contribution in [1.29, 1.82) is 0 Å². The van der Waals surface area contributed by atoms with Gasteiger partial charge in [-0.1, -0.05) is 18.2 Å². The van der Waals surface area contributed by atoms with Gasteiger partial charge < -0.3 is 20.1 Å². The fourth-order valence-corrected chi connectivity index (χ4v) is 2.21. The average Bonchev–Trinajstić information content (AvgIpc) is 2.44. The van der Waals surface area contributed by atoms with E-state index in [9.17, 15) is 15.0 Å². The summed E-state index contributed by atoms with van der Waals surface area (Å²) < 4.78 is 4.97. The number of ether oxygens (including phenoxy) is 1. The fourth-order valence-electron chi connectivity index (χ4n) is 2.21. The van der Waals surface area contributed by atoms with Crippen molar-refractivity contribution in [2.24, 2.45) is 0 Å². The number of benzene rings is 2. The smallest absolute Gasteiger partial charge is 0.339 e. The molecule has 0 aliphatic rings. The lowest BCUT2D eigenvalue weighted by molar-refractivity contribution is 0.0692. The molecule has 0 aliphatic heterocycles. The normalized spacial score (nSPS) is 10.3. The molecule has 0 radical (unpaired) electrons. The molecule has 0 heterocycles. The number of rotatable bonds is 5. The van der Waals surface area contributed by atoms with E-state index in [4.69, 9.17) is 9.84 Å². The molecule has 21 heavy (non-hydrogen) atoms. The Labute approximate surface area is 122 Å². The Morgan fingerprint density at radius 3 is 2.48 bits per heavy atom. The van der Waals surface area contributed by atoms with Crippen LogP contribution in [-0.2, 0) is 12.8 Å². The van der Waals surface area contributed by atoms with Gasteiger partial charge in [-0.2, -0.15) is 0 Å². The summed E-state index contributed by atoms with van der Waals surface area (Å²) in [6.45, 7) is 0. The summed E-state index contributed by atoms with van der Waals surface area (Å²) >= 11 is 0. The average molecular weight is 288 g/mol. The van der Waals surface area contributed by atoms with Gasteiger partial charge in [0.25, 0.3) is 0 Å². The van der Waals surface area contributed by atoms with Crippen LogP contribution < -0.4 is 4.74 Å². The maximum absolute atomic E-state index is 11.2. The van der Waals surface area contributed by atoms with Gasteiger partial charge in [0, 0.05) is 0 Å². The van der Waals surface area contributed by atoms with E-state index in [1.807, 2.05) is 6.07 Å². The number of aromatic carboxylic acids is 1.